The molecule has 2 saturated carbocycles. The summed E-state index contributed by atoms with van der Waals surface area (Å²) in [5.41, 5.74) is 0.240. The van der Waals surface area contributed by atoms with Crippen LogP contribution >= 0.6 is 0 Å². The first-order valence-electron chi connectivity index (χ1n) is 6.56. The molecule has 0 saturated heterocycles. The number of nitrogens with one attached hydrogen (secondary N) is 1. The van der Waals surface area contributed by atoms with Gasteiger partial charge in [0.15, 0.2) is 0 Å². The van der Waals surface area contributed by atoms with Crippen LogP contribution in [0.25, 0.3) is 0 Å². The normalized spacial score (nSPS) is 23.6. The zero-order valence-electron chi connectivity index (χ0n) is 10.3. The first kappa shape index (κ1) is 11.9. The molecule has 0 spiro atoms. The predicted molar refractivity (Wildman–Crippen MR) is 69.3 cm³/mol. The maximum Gasteiger partial charge on any atom is 0.0720 e. The van der Waals surface area contributed by atoms with Gasteiger partial charge in [-0.05, 0) is 25.7 Å². The second kappa shape index (κ2) is 5.15. The third-order valence-electron chi connectivity index (χ3n) is 3.87. The van der Waals surface area contributed by atoms with Gasteiger partial charge in [-0.15, -0.1) is 13.2 Å². The van der Waals surface area contributed by atoms with Crippen molar-refractivity contribution in [2.24, 2.45) is 0 Å². The third-order valence-corrected chi connectivity index (χ3v) is 3.87. The van der Waals surface area contributed by atoms with E-state index in [1.54, 1.807) is 0 Å². The lowest BCUT2D eigenvalue weighted by molar-refractivity contribution is 0.0662. The van der Waals surface area contributed by atoms with Crippen LogP contribution in [0.5, 0.6) is 0 Å². The molecule has 0 atom stereocenters. The van der Waals surface area contributed by atoms with Crippen LogP contribution in [0.2, 0.25) is 0 Å². The molecule has 90 valence electrons. The van der Waals surface area contributed by atoms with Crippen LogP contribution in [0.3, 0.4) is 0 Å². The lowest BCUT2D eigenvalue weighted by Crippen LogP contribution is -2.58. The average molecular weight is 220 g/mol. The van der Waals surface area contributed by atoms with E-state index in [9.17, 15) is 0 Å². The summed E-state index contributed by atoms with van der Waals surface area (Å²) in [6.45, 7) is 9.66. The lowest BCUT2D eigenvalue weighted by Gasteiger charge is -2.42. The highest BCUT2D eigenvalue weighted by Gasteiger charge is 2.44. The molecule has 1 N–H and O–H groups in total. The molecule has 2 rings (SSSR count). The Hall–Kier alpha value is -0.600. The molecular weight excluding hydrogens is 196 g/mol. The molecule has 0 aromatic rings. The number of hydrogen-bond acceptors (Lipinski definition) is 2. The van der Waals surface area contributed by atoms with Crippen molar-refractivity contribution >= 4 is 0 Å². The lowest BCUT2D eigenvalue weighted by atomic mass is 10.1. The Balaban J connectivity index is 2.07. The van der Waals surface area contributed by atoms with Crippen molar-refractivity contribution in [1.82, 2.24) is 10.2 Å². The van der Waals surface area contributed by atoms with Crippen LogP contribution < -0.4 is 5.32 Å². The minimum Gasteiger partial charge on any atom is -0.296 e. The van der Waals surface area contributed by atoms with Gasteiger partial charge in [0.2, 0.25) is 0 Å². The summed E-state index contributed by atoms with van der Waals surface area (Å²) in [4.78, 5) is 2.65. The van der Waals surface area contributed by atoms with E-state index >= 15 is 0 Å². The molecule has 0 unspecified atom stereocenters. The molecular formula is C14H24N2. The molecule has 0 bridgehead atoms. The molecule has 2 aliphatic carbocycles. The molecule has 0 aliphatic heterocycles. The summed E-state index contributed by atoms with van der Waals surface area (Å²) in [5, 5.41) is 3.71. The van der Waals surface area contributed by atoms with E-state index in [0.29, 0.717) is 0 Å². The fourth-order valence-corrected chi connectivity index (χ4v) is 2.99. The summed E-state index contributed by atoms with van der Waals surface area (Å²) >= 11 is 0. The van der Waals surface area contributed by atoms with Crippen molar-refractivity contribution in [3.63, 3.8) is 0 Å². The van der Waals surface area contributed by atoms with Crippen LogP contribution in [0, 0.1) is 0 Å². The minimum atomic E-state index is 0.240. The van der Waals surface area contributed by atoms with Gasteiger partial charge >= 0.3 is 0 Å². The predicted octanol–water partition coefficient (Wildman–Crippen LogP) is 2.68. The number of rotatable bonds is 7. The Morgan fingerprint density at radius 2 is 1.88 bits per heavy atom. The number of nitrogens with zero attached hydrogens (tertiary/aromatic N) is 1. The standard InChI is InChI=1S/C14H24N2/c1-3-11-15-14(9-5-6-10-14)16(12-4-2)13-7-8-13/h3-4,13,15H,1-2,5-12H2. The van der Waals surface area contributed by atoms with Gasteiger partial charge in [0.25, 0.3) is 0 Å². The van der Waals surface area contributed by atoms with E-state index in [0.717, 1.165) is 19.1 Å². The summed E-state index contributed by atoms with van der Waals surface area (Å²) in [5.74, 6) is 0. The zero-order chi connectivity index (χ0) is 11.4. The molecule has 0 radical (unpaired) electrons. The van der Waals surface area contributed by atoms with Crippen LogP contribution in [0.1, 0.15) is 38.5 Å². The smallest absolute Gasteiger partial charge is 0.0720 e. The van der Waals surface area contributed by atoms with Crippen molar-refractivity contribution in [3.8, 4) is 0 Å². The molecule has 0 aromatic carbocycles. The van der Waals surface area contributed by atoms with Gasteiger partial charge in [-0.2, -0.15) is 0 Å². The highest BCUT2D eigenvalue weighted by molar-refractivity contribution is 5.02. The maximum atomic E-state index is 3.90. The van der Waals surface area contributed by atoms with Crippen LogP contribution in [-0.4, -0.2) is 29.7 Å². The van der Waals surface area contributed by atoms with Crippen molar-refractivity contribution in [2.75, 3.05) is 13.1 Å². The van der Waals surface area contributed by atoms with Crippen molar-refractivity contribution in [1.29, 1.82) is 0 Å². The van der Waals surface area contributed by atoms with Crippen molar-refractivity contribution in [3.05, 3.63) is 25.3 Å². The maximum absolute atomic E-state index is 3.90. The SMILES string of the molecule is C=CCNC1(N(CC=C)C2CC2)CCCC1. The Labute approximate surface area is 99.4 Å². The summed E-state index contributed by atoms with van der Waals surface area (Å²) in [6.07, 6.45) is 12.0. The molecule has 2 aliphatic rings. The second-order valence-electron chi connectivity index (χ2n) is 5.08. The zero-order valence-corrected chi connectivity index (χ0v) is 10.3. The van der Waals surface area contributed by atoms with Crippen molar-refractivity contribution < 1.29 is 0 Å². The van der Waals surface area contributed by atoms with Gasteiger partial charge in [0.05, 0.1) is 5.66 Å². The van der Waals surface area contributed by atoms with Gasteiger partial charge in [-0.3, -0.25) is 10.2 Å². The molecule has 0 heterocycles. The van der Waals surface area contributed by atoms with Crippen LogP contribution in [0.4, 0.5) is 0 Å². The molecule has 0 aromatic heterocycles. The first-order valence-corrected chi connectivity index (χ1v) is 6.56. The average Bonchev–Trinajstić information content (AvgIpc) is 3.02. The highest BCUT2D eigenvalue weighted by atomic mass is 15.4. The molecule has 16 heavy (non-hydrogen) atoms. The van der Waals surface area contributed by atoms with E-state index in [4.69, 9.17) is 0 Å². The van der Waals surface area contributed by atoms with E-state index in [2.05, 4.69) is 23.4 Å². The van der Waals surface area contributed by atoms with Gasteiger partial charge in [0.1, 0.15) is 0 Å². The van der Waals surface area contributed by atoms with E-state index in [1.807, 2.05) is 12.2 Å². The largest absolute Gasteiger partial charge is 0.296 e. The minimum absolute atomic E-state index is 0.240. The fourth-order valence-electron chi connectivity index (χ4n) is 2.99. The van der Waals surface area contributed by atoms with Gasteiger partial charge in [0, 0.05) is 19.1 Å². The molecule has 0 amide bonds. The highest BCUT2D eigenvalue weighted by Crippen LogP contribution is 2.40. The van der Waals surface area contributed by atoms with E-state index < -0.39 is 0 Å². The summed E-state index contributed by atoms with van der Waals surface area (Å²) in [6, 6.07) is 0.799. The summed E-state index contributed by atoms with van der Waals surface area (Å²) in [7, 11) is 0. The van der Waals surface area contributed by atoms with Crippen molar-refractivity contribution in [2.45, 2.75) is 50.2 Å². The van der Waals surface area contributed by atoms with Gasteiger partial charge < -0.3 is 0 Å². The monoisotopic (exact) mass is 220 g/mol. The quantitative estimate of drug-likeness (QED) is 0.524. The summed E-state index contributed by atoms with van der Waals surface area (Å²) < 4.78 is 0. The van der Waals surface area contributed by atoms with E-state index in [1.165, 1.54) is 38.5 Å². The third kappa shape index (κ3) is 2.38. The molecule has 2 fully saturated rings. The van der Waals surface area contributed by atoms with Crippen LogP contribution in [-0.2, 0) is 0 Å². The second-order valence-corrected chi connectivity index (χ2v) is 5.08. The van der Waals surface area contributed by atoms with Crippen LogP contribution in [0.15, 0.2) is 25.3 Å². The Morgan fingerprint density at radius 1 is 1.19 bits per heavy atom. The Morgan fingerprint density at radius 3 is 2.38 bits per heavy atom. The fraction of sp³-hybridized carbons (Fsp3) is 0.714. The molecule has 2 heteroatoms. The van der Waals surface area contributed by atoms with Gasteiger partial charge in [-0.25, -0.2) is 0 Å². The topological polar surface area (TPSA) is 15.3 Å². The van der Waals surface area contributed by atoms with Gasteiger partial charge in [-0.1, -0.05) is 25.0 Å². The molecule has 2 nitrogen and oxygen atoms in total. The Kier molecular flexibility index (Phi) is 3.82. The first-order chi connectivity index (χ1) is 7.82. The van der Waals surface area contributed by atoms with E-state index in [-0.39, 0.29) is 5.66 Å². The number of hydrogen-bond donors (Lipinski definition) is 1. The Bertz CT molecular complexity index is 249.